The topological polar surface area (TPSA) is 46.5 Å². The highest BCUT2D eigenvalue weighted by Crippen LogP contribution is 2.25. The van der Waals surface area contributed by atoms with Gasteiger partial charge in [-0.05, 0) is 24.3 Å². The highest BCUT2D eigenvalue weighted by Gasteiger charge is 2.12. The molecule has 0 spiro atoms. The number of rotatable bonds is 4. The van der Waals surface area contributed by atoms with Gasteiger partial charge in [-0.3, -0.25) is 0 Å². The molecule has 0 unspecified atom stereocenters. The van der Waals surface area contributed by atoms with Crippen LogP contribution in [0.15, 0.2) is 46.9 Å². The molecular formula is C14H10BrFO3. The van der Waals surface area contributed by atoms with Crippen LogP contribution in [0.25, 0.3) is 0 Å². The second kappa shape index (κ2) is 5.84. The first-order chi connectivity index (χ1) is 9.08. The molecule has 98 valence electrons. The first-order valence-electron chi connectivity index (χ1n) is 5.47. The van der Waals surface area contributed by atoms with E-state index in [9.17, 15) is 9.18 Å². The van der Waals surface area contributed by atoms with Crippen molar-refractivity contribution in [1.82, 2.24) is 0 Å². The second-order valence-electron chi connectivity index (χ2n) is 3.83. The van der Waals surface area contributed by atoms with Gasteiger partial charge >= 0.3 is 5.97 Å². The Morgan fingerprint density at radius 2 is 2.00 bits per heavy atom. The van der Waals surface area contributed by atoms with Gasteiger partial charge in [0.15, 0.2) is 0 Å². The van der Waals surface area contributed by atoms with E-state index in [1.54, 1.807) is 30.3 Å². The first kappa shape index (κ1) is 13.5. The van der Waals surface area contributed by atoms with Crippen LogP contribution in [0.3, 0.4) is 0 Å². The van der Waals surface area contributed by atoms with Crippen LogP contribution < -0.4 is 4.74 Å². The molecule has 0 heterocycles. The fourth-order valence-corrected chi connectivity index (χ4v) is 1.90. The van der Waals surface area contributed by atoms with Gasteiger partial charge in [0.2, 0.25) is 0 Å². The van der Waals surface area contributed by atoms with Crippen molar-refractivity contribution in [3.63, 3.8) is 0 Å². The zero-order valence-corrected chi connectivity index (χ0v) is 11.4. The van der Waals surface area contributed by atoms with Gasteiger partial charge in [0.05, 0.1) is 0 Å². The average molecular weight is 325 g/mol. The SMILES string of the molecule is O=C(O)c1ccc(Br)cc1OCc1ccccc1F. The van der Waals surface area contributed by atoms with Crippen molar-refractivity contribution < 1.29 is 19.0 Å². The predicted molar refractivity (Wildman–Crippen MR) is 71.8 cm³/mol. The zero-order chi connectivity index (χ0) is 13.8. The predicted octanol–water partition coefficient (Wildman–Crippen LogP) is 3.87. The summed E-state index contributed by atoms with van der Waals surface area (Å²) < 4.78 is 19.5. The number of halogens is 2. The summed E-state index contributed by atoms with van der Waals surface area (Å²) in [5.74, 6) is -1.27. The van der Waals surface area contributed by atoms with Crippen molar-refractivity contribution in [1.29, 1.82) is 0 Å². The van der Waals surface area contributed by atoms with Gasteiger partial charge < -0.3 is 9.84 Å². The van der Waals surface area contributed by atoms with Gasteiger partial charge in [-0.1, -0.05) is 34.1 Å². The largest absolute Gasteiger partial charge is 0.488 e. The Bertz CT molecular complexity index is 613. The minimum absolute atomic E-state index is 0.0244. The van der Waals surface area contributed by atoms with Crippen molar-refractivity contribution >= 4 is 21.9 Å². The van der Waals surface area contributed by atoms with Crippen LogP contribution in [-0.2, 0) is 6.61 Å². The van der Waals surface area contributed by atoms with E-state index >= 15 is 0 Å². The molecule has 0 saturated carbocycles. The summed E-state index contributed by atoms with van der Waals surface area (Å²) in [6, 6.07) is 10.8. The van der Waals surface area contributed by atoms with E-state index < -0.39 is 5.97 Å². The van der Waals surface area contributed by atoms with Crippen LogP contribution in [0.1, 0.15) is 15.9 Å². The van der Waals surface area contributed by atoms with E-state index in [2.05, 4.69) is 15.9 Å². The lowest BCUT2D eigenvalue weighted by Gasteiger charge is -2.10. The summed E-state index contributed by atoms with van der Waals surface area (Å²) in [5.41, 5.74) is 0.415. The molecule has 1 N–H and O–H groups in total. The molecule has 0 aromatic heterocycles. The summed E-state index contributed by atoms with van der Waals surface area (Å²) in [5, 5.41) is 9.04. The highest BCUT2D eigenvalue weighted by molar-refractivity contribution is 9.10. The molecule has 0 aliphatic rings. The van der Waals surface area contributed by atoms with Crippen molar-refractivity contribution in [3.05, 3.63) is 63.9 Å². The molecule has 0 saturated heterocycles. The second-order valence-corrected chi connectivity index (χ2v) is 4.74. The monoisotopic (exact) mass is 324 g/mol. The minimum Gasteiger partial charge on any atom is -0.488 e. The smallest absolute Gasteiger partial charge is 0.339 e. The molecule has 0 aliphatic heterocycles. The van der Waals surface area contributed by atoms with Gasteiger partial charge in [-0.2, -0.15) is 0 Å². The van der Waals surface area contributed by atoms with E-state index in [4.69, 9.17) is 9.84 Å². The molecule has 2 aromatic carbocycles. The van der Waals surface area contributed by atoms with E-state index in [0.29, 0.717) is 10.0 Å². The third-order valence-electron chi connectivity index (χ3n) is 2.52. The van der Waals surface area contributed by atoms with Crippen molar-refractivity contribution in [3.8, 4) is 5.75 Å². The number of carboxylic acids is 1. The number of carbonyl (C=O) groups is 1. The Kier molecular flexibility index (Phi) is 4.16. The number of carboxylic acid groups (broad SMARTS) is 1. The quantitative estimate of drug-likeness (QED) is 0.928. The van der Waals surface area contributed by atoms with Crippen LogP contribution in [0, 0.1) is 5.82 Å². The Morgan fingerprint density at radius 3 is 2.68 bits per heavy atom. The van der Waals surface area contributed by atoms with Crippen LogP contribution in [0.5, 0.6) is 5.75 Å². The maximum Gasteiger partial charge on any atom is 0.339 e. The van der Waals surface area contributed by atoms with Gasteiger partial charge in [0.1, 0.15) is 23.7 Å². The summed E-state index contributed by atoms with van der Waals surface area (Å²) in [7, 11) is 0. The van der Waals surface area contributed by atoms with Crippen LogP contribution in [0.4, 0.5) is 4.39 Å². The summed E-state index contributed by atoms with van der Waals surface area (Å²) in [6.07, 6.45) is 0. The lowest BCUT2D eigenvalue weighted by atomic mass is 10.2. The Labute approximate surface area is 117 Å². The Hall–Kier alpha value is -1.88. The fourth-order valence-electron chi connectivity index (χ4n) is 1.56. The van der Waals surface area contributed by atoms with Crippen LogP contribution in [0.2, 0.25) is 0 Å². The molecule has 0 atom stereocenters. The number of aromatic carboxylic acids is 1. The lowest BCUT2D eigenvalue weighted by Crippen LogP contribution is -2.04. The molecule has 3 nitrogen and oxygen atoms in total. The number of benzene rings is 2. The minimum atomic E-state index is -1.09. The maximum absolute atomic E-state index is 13.4. The van der Waals surface area contributed by atoms with Crippen molar-refractivity contribution in [2.24, 2.45) is 0 Å². The Morgan fingerprint density at radius 1 is 1.26 bits per heavy atom. The third-order valence-corrected chi connectivity index (χ3v) is 3.01. The normalized spacial score (nSPS) is 10.2. The molecule has 2 aromatic rings. The first-order valence-corrected chi connectivity index (χ1v) is 6.26. The average Bonchev–Trinajstić information content (AvgIpc) is 2.37. The molecule has 2 rings (SSSR count). The Balaban J connectivity index is 2.22. The molecule has 5 heteroatoms. The summed E-state index contributed by atoms with van der Waals surface area (Å²) in [6.45, 7) is -0.0244. The van der Waals surface area contributed by atoms with E-state index in [-0.39, 0.29) is 23.7 Å². The third kappa shape index (κ3) is 3.32. The number of ether oxygens (including phenoxy) is 1. The summed E-state index contributed by atoms with van der Waals surface area (Å²) in [4.78, 5) is 11.0. The van der Waals surface area contributed by atoms with Gasteiger partial charge in [-0.15, -0.1) is 0 Å². The molecule has 0 fully saturated rings. The molecule has 0 radical (unpaired) electrons. The van der Waals surface area contributed by atoms with Gasteiger partial charge in [0.25, 0.3) is 0 Å². The van der Waals surface area contributed by atoms with Crippen molar-refractivity contribution in [2.45, 2.75) is 6.61 Å². The standard InChI is InChI=1S/C14H10BrFO3/c15-10-5-6-11(14(17)18)13(7-10)19-8-9-3-1-2-4-12(9)16/h1-7H,8H2,(H,17,18). The number of hydrogen-bond donors (Lipinski definition) is 1. The lowest BCUT2D eigenvalue weighted by molar-refractivity contribution is 0.0691. The van der Waals surface area contributed by atoms with E-state index in [1.807, 2.05) is 0 Å². The molecule has 0 amide bonds. The van der Waals surface area contributed by atoms with E-state index in [0.717, 1.165) is 0 Å². The van der Waals surface area contributed by atoms with E-state index in [1.165, 1.54) is 12.1 Å². The van der Waals surface area contributed by atoms with Gasteiger partial charge in [-0.25, -0.2) is 9.18 Å². The highest BCUT2D eigenvalue weighted by atomic mass is 79.9. The van der Waals surface area contributed by atoms with Crippen LogP contribution >= 0.6 is 15.9 Å². The molecule has 0 aliphatic carbocycles. The molecule has 0 bridgehead atoms. The zero-order valence-electron chi connectivity index (χ0n) is 9.77. The summed E-state index contributed by atoms with van der Waals surface area (Å²) >= 11 is 3.24. The maximum atomic E-state index is 13.4. The number of hydrogen-bond acceptors (Lipinski definition) is 2. The molecular weight excluding hydrogens is 315 g/mol. The fraction of sp³-hybridized carbons (Fsp3) is 0.0714. The van der Waals surface area contributed by atoms with Crippen LogP contribution in [-0.4, -0.2) is 11.1 Å². The van der Waals surface area contributed by atoms with Crippen molar-refractivity contribution in [2.75, 3.05) is 0 Å². The van der Waals surface area contributed by atoms with Gasteiger partial charge in [0, 0.05) is 10.0 Å². The molecule has 19 heavy (non-hydrogen) atoms.